The molecule has 0 radical (unpaired) electrons. The lowest BCUT2D eigenvalue weighted by Gasteiger charge is -2.17. The molecule has 0 saturated carbocycles. The molecule has 1 heterocycles. The lowest BCUT2D eigenvalue weighted by Crippen LogP contribution is -2.23. The second-order valence-electron chi connectivity index (χ2n) is 5.41. The van der Waals surface area contributed by atoms with Crippen LogP contribution in [-0.2, 0) is 0 Å². The number of carbonyl (C=O) groups excluding carboxylic acids is 1. The summed E-state index contributed by atoms with van der Waals surface area (Å²) in [5, 5.41) is 19.9. The van der Waals surface area contributed by atoms with E-state index in [1.165, 1.54) is 6.07 Å². The molecular formula is C17H16N4O5. The molecule has 0 spiro atoms. The number of benzene rings is 1. The second kappa shape index (κ2) is 7.88. The van der Waals surface area contributed by atoms with E-state index >= 15 is 0 Å². The Morgan fingerprint density at radius 1 is 1.12 bits per heavy atom. The van der Waals surface area contributed by atoms with Crippen LogP contribution in [0.3, 0.4) is 0 Å². The molecule has 26 heavy (non-hydrogen) atoms. The largest absolute Gasteiger partial charge is 0.464 e. The number of ketones is 1. The summed E-state index contributed by atoms with van der Waals surface area (Å²) >= 11 is 0. The van der Waals surface area contributed by atoms with Crippen molar-refractivity contribution in [2.75, 3.05) is 23.9 Å². The third-order valence-electron chi connectivity index (χ3n) is 3.44. The minimum absolute atomic E-state index is 0.111. The van der Waals surface area contributed by atoms with Crippen molar-refractivity contribution in [2.24, 2.45) is 0 Å². The number of allylic oxidation sites excluding steroid dienone is 1. The zero-order valence-corrected chi connectivity index (χ0v) is 14.1. The van der Waals surface area contributed by atoms with Crippen molar-refractivity contribution in [1.29, 1.82) is 0 Å². The summed E-state index contributed by atoms with van der Waals surface area (Å²) < 4.78 is 0. The molecule has 2 rings (SSSR count). The number of hydrogen-bond donors (Lipinski definition) is 1. The van der Waals surface area contributed by atoms with Crippen LogP contribution in [0.4, 0.5) is 22.0 Å². The number of hydrogen-bond acceptors (Lipinski definition) is 6. The molecule has 9 heteroatoms. The minimum Gasteiger partial charge on any atom is -0.464 e. The first kappa shape index (κ1) is 18.6. The van der Waals surface area contributed by atoms with Crippen LogP contribution in [0, 0.1) is 10.1 Å². The van der Waals surface area contributed by atoms with E-state index in [1.54, 1.807) is 24.3 Å². The second-order valence-corrected chi connectivity index (χ2v) is 5.41. The zero-order chi connectivity index (χ0) is 19.3. The van der Waals surface area contributed by atoms with Gasteiger partial charge in [0.05, 0.1) is 11.3 Å². The smallest absolute Gasteiger partial charge is 0.415 e. The van der Waals surface area contributed by atoms with E-state index in [1.807, 2.05) is 19.0 Å². The van der Waals surface area contributed by atoms with Crippen LogP contribution in [0.5, 0.6) is 0 Å². The van der Waals surface area contributed by atoms with Crippen LogP contribution in [0.15, 0.2) is 54.9 Å². The molecule has 0 fully saturated rings. The predicted octanol–water partition coefficient (Wildman–Crippen LogP) is 2.94. The van der Waals surface area contributed by atoms with Crippen molar-refractivity contribution in [1.82, 2.24) is 4.98 Å². The number of carbonyl (C=O) groups is 2. The minimum atomic E-state index is -1.26. The topological polar surface area (TPSA) is 117 Å². The molecule has 0 atom stereocenters. The molecule has 1 amide bonds. The lowest BCUT2D eigenvalue weighted by atomic mass is 10.2. The Balaban J connectivity index is 2.19. The molecule has 0 aliphatic heterocycles. The molecule has 1 N–H and O–H groups in total. The van der Waals surface area contributed by atoms with Crippen molar-refractivity contribution in [3.8, 4) is 0 Å². The van der Waals surface area contributed by atoms with Crippen LogP contribution >= 0.6 is 0 Å². The van der Waals surface area contributed by atoms with Gasteiger partial charge in [0.1, 0.15) is 0 Å². The van der Waals surface area contributed by atoms with Gasteiger partial charge in [0, 0.05) is 38.1 Å². The lowest BCUT2D eigenvalue weighted by molar-refractivity contribution is -0.389. The molecule has 0 aliphatic rings. The standard InChI is InChI=1S/C17H16N4O5/c1-19(2)13-4-6-14(7-5-13)20(17(23)24)10-9-15(22)12-3-8-16(18-11-12)21(25)26/h3-11H,1-2H3,(H,23,24)/b10-9+. The number of carboxylic acid groups (broad SMARTS) is 1. The van der Waals surface area contributed by atoms with Crippen molar-refractivity contribution in [2.45, 2.75) is 0 Å². The summed E-state index contributed by atoms with van der Waals surface area (Å²) in [6.45, 7) is 0. The highest BCUT2D eigenvalue weighted by Crippen LogP contribution is 2.20. The molecule has 0 aliphatic carbocycles. The Morgan fingerprint density at radius 3 is 2.19 bits per heavy atom. The van der Waals surface area contributed by atoms with E-state index in [0.29, 0.717) is 5.69 Å². The number of pyridine rings is 1. The fourth-order valence-electron chi connectivity index (χ4n) is 2.05. The van der Waals surface area contributed by atoms with Gasteiger partial charge in [-0.25, -0.2) is 4.79 Å². The fraction of sp³-hybridized carbons (Fsp3) is 0.118. The maximum absolute atomic E-state index is 12.1. The van der Waals surface area contributed by atoms with Crippen molar-refractivity contribution in [3.63, 3.8) is 0 Å². The first-order chi connectivity index (χ1) is 12.3. The molecule has 1 aromatic heterocycles. The maximum Gasteiger partial charge on any atom is 0.415 e. The van der Waals surface area contributed by atoms with Crippen LogP contribution in [-0.4, -0.2) is 41.0 Å². The monoisotopic (exact) mass is 356 g/mol. The van der Waals surface area contributed by atoms with Gasteiger partial charge in [-0.05, 0) is 40.2 Å². The van der Waals surface area contributed by atoms with Gasteiger partial charge in [0.2, 0.25) is 0 Å². The molecule has 0 bridgehead atoms. The van der Waals surface area contributed by atoms with Crippen molar-refractivity contribution >= 4 is 29.1 Å². The van der Waals surface area contributed by atoms with Gasteiger partial charge in [-0.1, -0.05) is 0 Å². The molecule has 0 unspecified atom stereocenters. The van der Waals surface area contributed by atoms with E-state index in [9.17, 15) is 24.8 Å². The number of rotatable bonds is 6. The van der Waals surface area contributed by atoms with Gasteiger partial charge in [-0.15, -0.1) is 0 Å². The highest BCUT2D eigenvalue weighted by Gasteiger charge is 2.14. The van der Waals surface area contributed by atoms with E-state index in [-0.39, 0.29) is 11.4 Å². The van der Waals surface area contributed by atoms with Gasteiger partial charge in [-0.3, -0.25) is 9.69 Å². The molecule has 134 valence electrons. The summed E-state index contributed by atoms with van der Waals surface area (Å²) in [7, 11) is 3.72. The molecule has 2 aromatic rings. The Morgan fingerprint density at radius 2 is 1.73 bits per heavy atom. The Labute approximate surface area is 148 Å². The highest BCUT2D eigenvalue weighted by atomic mass is 16.6. The summed E-state index contributed by atoms with van der Waals surface area (Å²) in [5.41, 5.74) is 1.38. The first-order valence-corrected chi connectivity index (χ1v) is 7.42. The molecule has 1 aromatic carbocycles. The van der Waals surface area contributed by atoms with Crippen LogP contribution in [0.1, 0.15) is 10.4 Å². The van der Waals surface area contributed by atoms with E-state index < -0.39 is 16.8 Å². The van der Waals surface area contributed by atoms with Crippen LogP contribution in [0.2, 0.25) is 0 Å². The number of nitrogens with zero attached hydrogens (tertiary/aromatic N) is 4. The predicted molar refractivity (Wildman–Crippen MR) is 95.6 cm³/mol. The first-order valence-electron chi connectivity index (χ1n) is 7.42. The van der Waals surface area contributed by atoms with Crippen LogP contribution in [0.25, 0.3) is 0 Å². The van der Waals surface area contributed by atoms with Gasteiger partial charge in [0.25, 0.3) is 0 Å². The Bertz CT molecular complexity index is 844. The average molecular weight is 356 g/mol. The summed E-state index contributed by atoms with van der Waals surface area (Å²) in [4.78, 5) is 39.8. The molecule has 0 saturated heterocycles. The average Bonchev–Trinajstić information content (AvgIpc) is 2.62. The Hall–Kier alpha value is -3.75. The van der Waals surface area contributed by atoms with Gasteiger partial charge in [0.15, 0.2) is 12.0 Å². The third kappa shape index (κ3) is 4.41. The summed E-state index contributed by atoms with van der Waals surface area (Å²) in [5.74, 6) is -0.901. The van der Waals surface area contributed by atoms with Gasteiger partial charge in [-0.2, -0.15) is 0 Å². The SMILES string of the molecule is CN(C)c1ccc(N(/C=C/C(=O)c2ccc([N+](=O)[O-])nc2)C(=O)O)cc1. The quantitative estimate of drug-likeness (QED) is 0.366. The number of anilines is 2. The highest BCUT2D eigenvalue weighted by molar-refractivity contribution is 6.05. The van der Waals surface area contributed by atoms with Crippen molar-refractivity contribution < 1.29 is 19.6 Å². The summed E-state index contributed by atoms with van der Waals surface area (Å²) in [6.07, 6.45) is 2.00. The van der Waals surface area contributed by atoms with Gasteiger partial charge < -0.3 is 20.1 Å². The van der Waals surface area contributed by atoms with Crippen LogP contribution < -0.4 is 9.80 Å². The zero-order valence-electron chi connectivity index (χ0n) is 14.1. The maximum atomic E-state index is 12.1. The normalized spacial score (nSPS) is 10.5. The van der Waals surface area contributed by atoms with E-state index in [4.69, 9.17) is 0 Å². The number of nitro groups is 1. The Kier molecular flexibility index (Phi) is 5.63. The summed E-state index contributed by atoms with van der Waals surface area (Å²) in [6, 6.07) is 9.10. The van der Waals surface area contributed by atoms with Crippen molar-refractivity contribution in [3.05, 3.63) is 70.5 Å². The number of amides is 1. The fourth-order valence-corrected chi connectivity index (χ4v) is 2.05. The van der Waals surface area contributed by atoms with Gasteiger partial charge >= 0.3 is 11.9 Å². The molecule has 9 nitrogen and oxygen atoms in total. The van der Waals surface area contributed by atoms with E-state index in [2.05, 4.69) is 4.98 Å². The van der Waals surface area contributed by atoms with E-state index in [0.717, 1.165) is 35.1 Å². The number of aromatic nitrogens is 1. The molecular weight excluding hydrogens is 340 g/mol. The third-order valence-corrected chi connectivity index (χ3v) is 3.44.